The Morgan fingerprint density at radius 3 is 2.05 bits per heavy atom. The number of methoxy groups -OCH3 is 1. The maximum absolute atomic E-state index is 11.2. The van der Waals surface area contributed by atoms with E-state index in [1.807, 2.05) is 13.8 Å². The molecule has 0 fully saturated rings. The first-order valence-electron chi connectivity index (χ1n) is 6.75. The summed E-state index contributed by atoms with van der Waals surface area (Å²) in [7, 11) is 1.63. The highest BCUT2D eigenvalue weighted by Gasteiger charge is 2.33. The topological polar surface area (TPSA) is 77.0 Å². The largest absolute Gasteiger partial charge is 0.480 e. The van der Waals surface area contributed by atoms with E-state index in [0.29, 0.717) is 52.4 Å². The number of aliphatic carboxylic acids is 1. The first-order valence-corrected chi connectivity index (χ1v) is 6.75. The Morgan fingerprint density at radius 2 is 1.58 bits per heavy atom. The molecule has 0 unspecified atom stereocenters. The molecule has 0 spiro atoms. The Balaban J connectivity index is 3.59. The van der Waals surface area contributed by atoms with Crippen LogP contribution < -0.4 is 5.32 Å². The summed E-state index contributed by atoms with van der Waals surface area (Å²) < 4.78 is 15.4. The molecule has 0 aromatic heterocycles. The van der Waals surface area contributed by atoms with E-state index in [2.05, 4.69) is 5.32 Å². The molecule has 0 saturated heterocycles. The van der Waals surface area contributed by atoms with Crippen molar-refractivity contribution in [3.63, 3.8) is 0 Å². The molecule has 0 atom stereocenters. The Hall–Kier alpha value is -0.690. The Morgan fingerprint density at radius 1 is 1.05 bits per heavy atom. The Kier molecular flexibility index (Phi) is 10.8. The third kappa shape index (κ3) is 7.47. The molecule has 0 bridgehead atoms. The van der Waals surface area contributed by atoms with E-state index in [-0.39, 0.29) is 0 Å². The standard InChI is InChI=1S/C13H27NO5/c1-4-13(5-2,12(15)16)14-6-7-18-10-11-19-9-8-17-3/h14H,4-11H2,1-3H3,(H,15,16). The van der Waals surface area contributed by atoms with Crippen molar-refractivity contribution in [2.45, 2.75) is 32.2 Å². The minimum absolute atomic E-state index is 0.475. The van der Waals surface area contributed by atoms with Crippen molar-refractivity contribution >= 4 is 5.97 Å². The van der Waals surface area contributed by atoms with Crippen molar-refractivity contribution in [1.82, 2.24) is 5.32 Å². The molecule has 0 heterocycles. The fourth-order valence-corrected chi connectivity index (χ4v) is 1.70. The van der Waals surface area contributed by atoms with Crippen LogP contribution >= 0.6 is 0 Å². The predicted octanol–water partition coefficient (Wildman–Crippen LogP) is 0.899. The highest BCUT2D eigenvalue weighted by atomic mass is 16.5. The minimum Gasteiger partial charge on any atom is -0.480 e. The normalized spacial score (nSPS) is 11.7. The molecule has 0 aromatic rings. The van der Waals surface area contributed by atoms with Crippen LogP contribution in [0.5, 0.6) is 0 Å². The highest BCUT2D eigenvalue weighted by Crippen LogP contribution is 2.14. The number of hydrogen-bond donors (Lipinski definition) is 2. The van der Waals surface area contributed by atoms with E-state index < -0.39 is 11.5 Å². The first kappa shape index (κ1) is 18.3. The van der Waals surface area contributed by atoms with Gasteiger partial charge in [-0.1, -0.05) is 13.8 Å². The second kappa shape index (κ2) is 11.2. The molecule has 0 aliphatic rings. The Labute approximate surface area is 115 Å². The van der Waals surface area contributed by atoms with E-state index in [0.717, 1.165) is 0 Å². The van der Waals surface area contributed by atoms with Gasteiger partial charge in [-0.05, 0) is 12.8 Å². The number of nitrogens with one attached hydrogen (secondary N) is 1. The average Bonchev–Trinajstić information content (AvgIpc) is 2.41. The summed E-state index contributed by atoms with van der Waals surface area (Å²) in [6, 6.07) is 0. The van der Waals surface area contributed by atoms with E-state index >= 15 is 0 Å². The number of carboxylic acid groups (broad SMARTS) is 1. The number of carbonyl (C=O) groups is 1. The van der Waals surface area contributed by atoms with Crippen LogP contribution in [0.15, 0.2) is 0 Å². The van der Waals surface area contributed by atoms with E-state index in [9.17, 15) is 9.90 Å². The van der Waals surface area contributed by atoms with Gasteiger partial charge in [0.1, 0.15) is 5.54 Å². The molecular formula is C13H27NO5. The molecule has 19 heavy (non-hydrogen) atoms. The van der Waals surface area contributed by atoms with Gasteiger partial charge in [0.05, 0.1) is 33.0 Å². The van der Waals surface area contributed by atoms with Gasteiger partial charge in [-0.15, -0.1) is 0 Å². The molecule has 0 aliphatic carbocycles. The maximum Gasteiger partial charge on any atom is 0.323 e. The second-order valence-electron chi connectivity index (χ2n) is 4.24. The van der Waals surface area contributed by atoms with E-state index in [4.69, 9.17) is 14.2 Å². The van der Waals surface area contributed by atoms with Crippen molar-refractivity contribution in [1.29, 1.82) is 0 Å². The summed E-state index contributed by atoms with van der Waals surface area (Å²) in [6.45, 7) is 6.90. The highest BCUT2D eigenvalue weighted by molar-refractivity contribution is 5.78. The first-order chi connectivity index (χ1) is 9.13. The zero-order chi connectivity index (χ0) is 14.6. The summed E-state index contributed by atoms with van der Waals surface area (Å²) in [4.78, 5) is 11.2. The van der Waals surface area contributed by atoms with Crippen LogP contribution in [-0.4, -0.2) is 63.3 Å². The molecule has 0 saturated carbocycles. The van der Waals surface area contributed by atoms with E-state index in [1.54, 1.807) is 7.11 Å². The maximum atomic E-state index is 11.2. The summed E-state index contributed by atoms with van der Waals surface area (Å²) >= 11 is 0. The lowest BCUT2D eigenvalue weighted by Gasteiger charge is -2.28. The van der Waals surface area contributed by atoms with Gasteiger partial charge in [-0.3, -0.25) is 10.1 Å². The fraction of sp³-hybridized carbons (Fsp3) is 0.923. The third-order valence-electron chi connectivity index (χ3n) is 3.13. The van der Waals surface area contributed by atoms with Gasteiger partial charge in [0.2, 0.25) is 0 Å². The molecule has 6 heteroatoms. The summed E-state index contributed by atoms with van der Waals surface area (Å²) in [6.07, 6.45) is 1.11. The number of carboxylic acids is 1. The van der Waals surface area contributed by atoms with Crippen molar-refractivity contribution < 1.29 is 24.1 Å². The van der Waals surface area contributed by atoms with Gasteiger partial charge < -0.3 is 19.3 Å². The van der Waals surface area contributed by atoms with Gasteiger partial charge in [0, 0.05) is 13.7 Å². The molecule has 0 aromatic carbocycles. The quantitative estimate of drug-likeness (QED) is 0.487. The Bertz CT molecular complexity index is 231. The van der Waals surface area contributed by atoms with Crippen LogP contribution in [0.1, 0.15) is 26.7 Å². The zero-order valence-corrected chi connectivity index (χ0v) is 12.2. The number of hydrogen-bond acceptors (Lipinski definition) is 5. The van der Waals surface area contributed by atoms with Gasteiger partial charge in [-0.2, -0.15) is 0 Å². The summed E-state index contributed by atoms with van der Waals surface area (Å²) in [5.74, 6) is -0.805. The molecule has 0 rings (SSSR count). The van der Waals surface area contributed by atoms with Crippen LogP contribution in [-0.2, 0) is 19.0 Å². The van der Waals surface area contributed by atoms with Crippen molar-refractivity contribution in [3.8, 4) is 0 Å². The smallest absolute Gasteiger partial charge is 0.323 e. The van der Waals surface area contributed by atoms with Gasteiger partial charge >= 0.3 is 5.97 Å². The summed E-state index contributed by atoms with van der Waals surface area (Å²) in [5.41, 5.74) is -0.835. The lowest BCUT2D eigenvalue weighted by Crippen LogP contribution is -2.52. The molecule has 0 radical (unpaired) electrons. The molecule has 6 nitrogen and oxygen atoms in total. The zero-order valence-electron chi connectivity index (χ0n) is 12.2. The van der Waals surface area contributed by atoms with Gasteiger partial charge in [-0.25, -0.2) is 0 Å². The second-order valence-corrected chi connectivity index (χ2v) is 4.24. The average molecular weight is 277 g/mol. The molecule has 0 aliphatic heterocycles. The lowest BCUT2D eigenvalue weighted by molar-refractivity contribution is -0.145. The van der Waals surface area contributed by atoms with Crippen LogP contribution in [0.2, 0.25) is 0 Å². The van der Waals surface area contributed by atoms with Crippen LogP contribution in [0, 0.1) is 0 Å². The van der Waals surface area contributed by atoms with Gasteiger partial charge in [0.25, 0.3) is 0 Å². The van der Waals surface area contributed by atoms with Crippen molar-refractivity contribution in [2.24, 2.45) is 0 Å². The van der Waals surface area contributed by atoms with Crippen LogP contribution in [0.4, 0.5) is 0 Å². The number of ether oxygens (including phenoxy) is 3. The molecule has 0 amide bonds. The number of rotatable bonds is 13. The van der Waals surface area contributed by atoms with Crippen molar-refractivity contribution in [2.75, 3.05) is 46.7 Å². The lowest BCUT2D eigenvalue weighted by atomic mass is 9.93. The van der Waals surface area contributed by atoms with E-state index in [1.165, 1.54) is 0 Å². The summed E-state index contributed by atoms with van der Waals surface area (Å²) in [5, 5.41) is 12.3. The van der Waals surface area contributed by atoms with Gasteiger partial charge in [0.15, 0.2) is 0 Å². The molecule has 114 valence electrons. The minimum atomic E-state index is -0.835. The monoisotopic (exact) mass is 277 g/mol. The predicted molar refractivity (Wildman–Crippen MR) is 72.5 cm³/mol. The molecule has 2 N–H and O–H groups in total. The SMILES string of the molecule is CCC(CC)(NCCOCCOCCOC)C(=O)O. The van der Waals surface area contributed by atoms with Crippen molar-refractivity contribution in [3.05, 3.63) is 0 Å². The van der Waals surface area contributed by atoms with Crippen LogP contribution in [0.25, 0.3) is 0 Å². The molecular weight excluding hydrogens is 250 g/mol. The third-order valence-corrected chi connectivity index (χ3v) is 3.13. The fourth-order valence-electron chi connectivity index (χ4n) is 1.70. The van der Waals surface area contributed by atoms with Crippen LogP contribution in [0.3, 0.4) is 0 Å².